The number of morpholine rings is 1. The molecule has 0 unspecified atom stereocenters. The van der Waals surface area contributed by atoms with E-state index in [4.69, 9.17) is 25.5 Å². The van der Waals surface area contributed by atoms with E-state index in [1.807, 2.05) is 6.92 Å². The Morgan fingerprint density at radius 3 is 2.85 bits per heavy atom. The highest BCUT2D eigenvalue weighted by Gasteiger charge is 2.35. The average Bonchev–Trinajstić information content (AvgIpc) is 3.20. The number of fused-ring (bicyclic) bond motifs is 1. The lowest BCUT2D eigenvalue weighted by Gasteiger charge is -2.30. The Labute approximate surface area is 156 Å². The molecule has 26 heavy (non-hydrogen) atoms. The summed E-state index contributed by atoms with van der Waals surface area (Å²) in [4.78, 5) is 0.154. The van der Waals surface area contributed by atoms with Crippen LogP contribution in [0.3, 0.4) is 0 Å². The van der Waals surface area contributed by atoms with Crippen LogP contribution >= 0.6 is 11.6 Å². The second-order valence-electron chi connectivity index (χ2n) is 6.41. The topological polar surface area (TPSA) is 94.8 Å². The van der Waals surface area contributed by atoms with Crippen LogP contribution in [-0.2, 0) is 21.2 Å². The zero-order valence-electron chi connectivity index (χ0n) is 14.3. The average molecular weight is 400 g/mol. The Morgan fingerprint density at radius 2 is 2.12 bits per heavy atom. The maximum atomic E-state index is 13.1. The van der Waals surface area contributed by atoms with E-state index in [2.05, 4.69) is 10.2 Å². The van der Waals surface area contributed by atoms with E-state index >= 15 is 0 Å². The van der Waals surface area contributed by atoms with E-state index in [0.29, 0.717) is 23.1 Å². The molecule has 0 bridgehead atoms. The number of benzene rings is 1. The fourth-order valence-electron chi connectivity index (χ4n) is 3.19. The van der Waals surface area contributed by atoms with Crippen LogP contribution in [-0.4, -0.2) is 48.7 Å². The fraction of sp³-hybridized carbons (Fsp3) is 0.500. The minimum absolute atomic E-state index is 0.0195. The summed E-state index contributed by atoms with van der Waals surface area (Å²) in [6.07, 6.45) is 0.0211. The monoisotopic (exact) mass is 399 g/mol. The van der Waals surface area contributed by atoms with Crippen molar-refractivity contribution >= 4 is 21.6 Å². The zero-order valence-corrected chi connectivity index (χ0v) is 15.9. The maximum Gasteiger partial charge on any atom is 0.246 e. The second kappa shape index (κ2) is 6.49. The molecular weight excluding hydrogens is 382 g/mol. The molecule has 0 aliphatic carbocycles. The van der Waals surface area contributed by atoms with E-state index in [9.17, 15) is 8.42 Å². The van der Waals surface area contributed by atoms with Crippen LogP contribution in [0.5, 0.6) is 5.75 Å². The van der Waals surface area contributed by atoms with Gasteiger partial charge >= 0.3 is 0 Å². The minimum atomic E-state index is -3.73. The second-order valence-corrected chi connectivity index (χ2v) is 8.75. The molecule has 1 fully saturated rings. The Hall–Kier alpha value is -1.68. The van der Waals surface area contributed by atoms with Crippen molar-refractivity contribution in [3.05, 3.63) is 34.5 Å². The van der Waals surface area contributed by atoms with Gasteiger partial charge in [-0.25, -0.2) is 8.42 Å². The fourth-order valence-corrected chi connectivity index (χ4v) is 5.04. The van der Waals surface area contributed by atoms with Crippen molar-refractivity contribution in [1.82, 2.24) is 14.5 Å². The van der Waals surface area contributed by atoms with Gasteiger partial charge in [-0.3, -0.25) is 0 Å². The third-order valence-electron chi connectivity index (χ3n) is 4.40. The molecule has 2 aromatic rings. The van der Waals surface area contributed by atoms with E-state index in [0.717, 1.165) is 5.56 Å². The quantitative estimate of drug-likeness (QED) is 0.780. The van der Waals surface area contributed by atoms with E-state index < -0.39 is 16.1 Å². The first-order valence-corrected chi connectivity index (χ1v) is 10.1. The van der Waals surface area contributed by atoms with Gasteiger partial charge in [0.1, 0.15) is 18.0 Å². The van der Waals surface area contributed by atoms with Gasteiger partial charge in [-0.15, -0.1) is 10.2 Å². The van der Waals surface area contributed by atoms with Crippen molar-refractivity contribution in [2.75, 3.05) is 19.7 Å². The molecule has 1 aromatic carbocycles. The van der Waals surface area contributed by atoms with Crippen LogP contribution in [0.25, 0.3) is 0 Å². The number of hydrogen-bond acceptors (Lipinski definition) is 7. The first-order chi connectivity index (χ1) is 12.3. The molecule has 0 radical (unpaired) electrons. The molecule has 10 heteroatoms. The van der Waals surface area contributed by atoms with E-state index in [-0.39, 0.29) is 36.6 Å². The summed E-state index contributed by atoms with van der Waals surface area (Å²) < 4.78 is 44.2. The Balaban J connectivity index is 1.62. The van der Waals surface area contributed by atoms with Crippen molar-refractivity contribution in [3.8, 4) is 5.75 Å². The van der Waals surface area contributed by atoms with Gasteiger partial charge in [0.2, 0.25) is 21.8 Å². The Morgan fingerprint density at radius 1 is 1.31 bits per heavy atom. The molecule has 2 aliphatic heterocycles. The first-order valence-electron chi connectivity index (χ1n) is 8.25. The van der Waals surface area contributed by atoms with Crippen molar-refractivity contribution in [2.45, 2.75) is 37.4 Å². The number of sulfonamides is 1. The van der Waals surface area contributed by atoms with Gasteiger partial charge in [0.05, 0.1) is 16.5 Å². The maximum absolute atomic E-state index is 13.1. The molecule has 4 rings (SSSR count). The molecule has 2 atom stereocenters. The Kier molecular flexibility index (Phi) is 4.42. The van der Waals surface area contributed by atoms with Crippen LogP contribution in [0, 0.1) is 6.92 Å². The molecule has 140 valence electrons. The summed E-state index contributed by atoms with van der Waals surface area (Å²) in [7, 11) is -3.73. The highest BCUT2D eigenvalue weighted by Crippen LogP contribution is 2.39. The molecule has 0 amide bonds. The molecule has 2 aliphatic rings. The molecule has 0 saturated carbocycles. The smallest absolute Gasteiger partial charge is 0.246 e. The highest BCUT2D eigenvalue weighted by atomic mass is 35.5. The van der Waals surface area contributed by atoms with Gasteiger partial charge in [-0.05, 0) is 19.1 Å². The van der Waals surface area contributed by atoms with Crippen LogP contribution in [0.1, 0.15) is 30.4 Å². The zero-order chi connectivity index (χ0) is 18.5. The largest absolute Gasteiger partial charge is 0.489 e. The predicted molar refractivity (Wildman–Crippen MR) is 91.7 cm³/mol. The number of hydrogen-bond donors (Lipinski definition) is 0. The van der Waals surface area contributed by atoms with Gasteiger partial charge in [0.15, 0.2) is 0 Å². The third kappa shape index (κ3) is 3.09. The predicted octanol–water partition coefficient (Wildman–Crippen LogP) is 2.12. The summed E-state index contributed by atoms with van der Waals surface area (Å²) in [6.45, 7) is 4.18. The van der Waals surface area contributed by atoms with Gasteiger partial charge in [-0.2, -0.15) is 4.31 Å². The molecule has 3 heterocycles. The summed E-state index contributed by atoms with van der Waals surface area (Å²) >= 11 is 6.25. The van der Waals surface area contributed by atoms with Gasteiger partial charge in [-0.1, -0.05) is 11.6 Å². The molecule has 1 saturated heterocycles. The van der Waals surface area contributed by atoms with Crippen molar-refractivity contribution in [2.24, 2.45) is 0 Å². The van der Waals surface area contributed by atoms with Crippen LogP contribution < -0.4 is 4.74 Å². The summed E-state index contributed by atoms with van der Waals surface area (Å²) in [5, 5.41) is 8.00. The number of aryl methyl sites for hydroxylation is 1. The number of halogens is 1. The van der Waals surface area contributed by atoms with E-state index in [1.165, 1.54) is 10.4 Å². The van der Waals surface area contributed by atoms with Gasteiger partial charge in [0, 0.05) is 32.0 Å². The number of ether oxygens (including phenoxy) is 2. The number of aromatic nitrogens is 2. The van der Waals surface area contributed by atoms with Crippen molar-refractivity contribution in [3.63, 3.8) is 0 Å². The lowest BCUT2D eigenvalue weighted by Crippen LogP contribution is -2.42. The molecule has 0 N–H and O–H groups in total. The lowest BCUT2D eigenvalue weighted by molar-refractivity contribution is -0.0176. The number of rotatable bonds is 3. The first kappa shape index (κ1) is 17.7. The third-order valence-corrected chi connectivity index (χ3v) is 6.53. The molecular formula is C16H18ClN3O5S. The minimum Gasteiger partial charge on any atom is -0.489 e. The van der Waals surface area contributed by atoms with Crippen LogP contribution in [0.2, 0.25) is 5.02 Å². The summed E-state index contributed by atoms with van der Waals surface area (Å²) in [6, 6.07) is 3.08. The van der Waals surface area contributed by atoms with Crippen LogP contribution in [0.15, 0.2) is 21.4 Å². The molecule has 0 spiro atoms. The van der Waals surface area contributed by atoms with Crippen molar-refractivity contribution in [1.29, 1.82) is 0 Å². The van der Waals surface area contributed by atoms with Crippen molar-refractivity contribution < 1.29 is 22.3 Å². The normalized spacial score (nSPS) is 23.7. The number of nitrogens with zero attached hydrogens (tertiary/aromatic N) is 3. The lowest BCUT2D eigenvalue weighted by atomic mass is 10.1. The van der Waals surface area contributed by atoms with Gasteiger partial charge < -0.3 is 13.9 Å². The SMILES string of the molecule is Cc1nnc([C@@H]2CN(S(=O)(=O)c3cc(Cl)c4c(c3)C[C@@H](C)O4)CCO2)o1. The summed E-state index contributed by atoms with van der Waals surface area (Å²) in [5.74, 6) is 1.25. The summed E-state index contributed by atoms with van der Waals surface area (Å²) in [5.41, 5.74) is 0.806. The molecule has 8 nitrogen and oxygen atoms in total. The van der Waals surface area contributed by atoms with Crippen LogP contribution in [0.4, 0.5) is 0 Å². The Bertz CT molecular complexity index is 945. The highest BCUT2D eigenvalue weighted by molar-refractivity contribution is 7.89. The standard InChI is InChI=1S/C16H18ClN3O5S/c1-9-5-11-6-12(7-13(17)15(11)24-9)26(21,22)20-3-4-23-14(8-20)16-19-18-10(2)25-16/h6-7,9,14H,3-5,8H2,1-2H3/t9-,14+/m1/s1. The van der Waals surface area contributed by atoms with E-state index in [1.54, 1.807) is 13.0 Å². The van der Waals surface area contributed by atoms with Gasteiger partial charge in [0.25, 0.3) is 0 Å². The molecule has 1 aromatic heterocycles.